The van der Waals surface area contributed by atoms with Crippen molar-refractivity contribution < 1.29 is 17.6 Å². The van der Waals surface area contributed by atoms with Crippen LogP contribution in [0, 0.1) is 5.92 Å². The molecule has 0 heterocycles. The van der Waals surface area contributed by atoms with Crippen molar-refractivity contribution in [1.82, 2.24) is 0 Å². The largest absolute Gasteiger partial charge is 0.363 e. The van der Waals surface area contributed by atoms with E-state index < -0.39 is 16.7 Å². The van der Waals surface area contributed by atoms with Gasteiger partial charge in [-0.2, -0.15) is 17.6 Å². The average molecular weight is 263 g/mol. The molecule has 0 N–H and O–H groups in total. The molecule has 1 rings (SSSR count). The predicted molar refractivity (Wildman–Crippen MR) is 45.4 cm³/mol. The van der Waals surface area contributed by atoms with Gasteiger partial charge in [-0.05, 0) is 28.8 Å². The Kier molecular flexibility index (Phi) is 3.25. The first-order valence-corrected chi connectivity index (χ1v) is 5.09. The van der Waals surface area contributed by atoms with Crippen LogP contribution in [0.2, 0.25) is 0 Å². The zero-order valence-electron chi connectivity index (χ0n) is 7.00. The Bertz CT molecular complexity index is 169. The van der Waals surface area contributed by atoms with Gasteiger partial charge in [-0.1, -0.05) is 19.3 Å². The Morgan fingerprint density at radius 1 is 0.923 bits per heavy atom. The first kappa shape index (κ1) is 11.3. The lowest BCUT2D eigenvalue weighted by Gasteiger charge is -2.32. The summed E-state index contributed by atoms with van der Waals surface area (Å²) < 4.78 is 50.9. The van der Waals surface area contributed by atoms with Crippen molar-refractivity contribution in [2.24, 2.45) is 5.92 Å². The van der Waals surface area contributed by atoms with Crippen molar-refractivity contribution in [3.05, 3.63) is 0 Å². The first-order valence-electron chi connectivity index (χ1n) is 4.30. The Labute approximate surface area is 82.8 Å². The van der Waals surface area contributed by atoms with Crippen molar-refractivity contribution in [3.63, 3.8) is 0 Å². The lowest BCUT2D eigenvalue weighted by atomic mass is 9.85. The molecule has 1 aliphatic carbocycles. The summed E-state index contributed by atoms with van der Waals surface area (Å²) in [7, 11) is 0. The summed E-state index contributed by atoms with van der Waals surface area (Å²) in [6.07, 6.45) is 2.54. The van der Waals surface area contributed by atoms with Crippen LogP contribution in [-0.2, 0) is 0 Å². The fraction of sp³-hybridized carbons (Fsp3) is 1.00. The minimum absolute atomic E-state index is 0.203. The highest BCUT2D eigenvalue weighted by Gasteiger charge is 2.58. The number of halogens is 5. The molecule has 0 unspecified atom stereocenters. The van der Waals surface area contributed by atoms with E-state index in [1.165, 1.54) is 0 Å². The summed E-state index contributed by atoms with van der Waals surface area (Å²) in [5.41, 5.74) is 0. The van der Waals surface area contributed by atoms with E-state index in [-0.39, 0.29) is 12.8 Å². The van der Waals surface area contributed by atoms with Gasteiger partial charge in [0.2, 0.25) is 0 Å². The highest BCUT2D eigenvalue weighted by Crippen LogP contribution is 2.48. The summed E-state index contributed by atoms with van der Waals surface area (Å²) in [6.45, 7) is 0. The van der Waals surface area contributed by atoms with Crippen molar-refractivity contribution >= 4 is 15.9 Å². The van der Waals surface area contributed by atoms with E-state index in [0.717, 1.165) is 6.42 Å². The third-order valence-electron chi connectivity index (χ3n) is 2.50. The van der Waals surface area contributed by atoms with Crippen LogP contribution in [0.25, 0.3) is 0 Å². The molecule has 0 bridgehead atoms. The van der Waals surface area contributed by atoms with E-state index in [4.69, 9.17) is 0 Å². The van der Waals surface area contributed by atoms with Gasteiger partial charge in [-0.25, -0.2) is 0 Å². The smallest absolute Gasteiger partial charge is 0.199 e. The zero-order chi connectivity index (χ0) is 10.1. The predicted octanol–water partition coefficient (Wildman–Crippen LogP) is 4.19. The SMILES string of the molecule is FC(F)(Br)C(F)(F)C1CCCCC1. The second-order valence-electron chi connectivity index (χ2n) is 3.46. The Balaban J connectivity index is 2.67. The second-order valence-corrected chi connectivity index (χ2v) is 4.45. The molecule has 78 valence electrons. The molecule has 0 atom stereocenters. The van der Waals surface area contributed by atoms with Gasteiger partial charge in [-0.3, -0.25) is 0 Å². The van der Waals surface area contributed by atoms with Crippen molar-refractivity contribution in [2.75, 3.05) is 0 Å². The summed E-state index contributed by atoms with van der Waals surface area (Å²) in [5, 5.41) is 0. The average Bonchev–Trinajstić information content (AvgIpc) is 2.04. The third-order valence-corrected chi connectivity index (χ3v) is 3.02. The minimum Gasteiger partial charge on any atom is -0.199 e. The van der Waals surface area contributed by atoms with E-state index in [2.05, 4.69) is 0 Å². The lowest BCUT2D eigenvalue weighted by molar-refractivity contribution is -0.187. The van der Waals surface area contributed by atoms with Crippen LogP contribution < -0.4 is 0 Å². The molecule has 0 aliphatic heterocycles. The summed E-state index contributed by atoms with van der Waals surface area (Å²) >= 11 is 1.75. The number of alkyl halides is 5. The topological polar surface area (TPSA) is 0 Å². The molecule has 0 aromatic heterocycles. The van der Waals surface area contributed by atoms with E-state index in [1.54, 1.807) is 15.9 Å². The fourth-order valence-electron chi connectivity index (χ4n) is 1.70. The number of rotatable bonds is 2. The number of hydrogen-bond donors (Lipinski definition) is 0. The van der Waals surface area contributed by atoms with Crippen LogP contribution in [0.5, 0.6) is 0 Å². The van der Waals surface area contributed by atoms with Crippen molar-refractivity contribution in [3.8, 4) is 0 Å². The maximum Gasteiger partial charge on any atom is 0.363 e. The van der Waals surface area contributed by atoms with E-state index in [9.17, 15) is 17.6 Å². The third kappa shape index (κ3) is 2.36. The molecule has 0 saturated heterocycles. The number of hydrogen-bond acceptors (Lipinski definition) is 0. The lowest BCUT2D eigenvalue weighted by Crippen LogP contribution is -2.43. The normalized spacial score (nSPS) is 21.9. The monoisotopic (exact) mass is 262 g/mol. The van der Waals surface area contributed by atoms with Crippen LogP contribution in [-0.4, -0.2) is 10.8 Å². The quantitative estimate of drug-likeness (QED) is 0.517. The van der Waals surface area contributed by atoms with E-state index in [0.29, 0.717) is 12.8 Å². The van der Waals surface area contributed by atoms with Crippen LogP contribution in [0.1, 0.15) is 32.1 Å². The Morgan fingerprint density at radius 3 is 1.77 bits per heavy atom. The van der Waals surface area contributed by atoms with Gasteiger partial charge in [0.25, 0.3) is 0 Å². The molecule has 13 heavy (non-hydrogen) atoms. The molecule has 0 amide bonds. The highest BCUT2D eigenvalue weighted by molar-refractivity contribution is 9.10. The van der Waals surface area contributed by atoms with Gasteiger partial charge >= 0.3 is 10.8 Å². The molecule has 0 nitrogen and oxygen atoms in total. The fourth-order valence-corrected chi connectivity index (χ4v) is 2.02. The summed E-state index contributed by atoms with van der Waals surface area (Å²) in [5.74, 6) is -5.08. The molecular formula is C8H11BrF4. The molecule has 1 saturated carbocycles. The standard InChI is InChI=1S/C8H11BrF4/c9-8(12,13)7(10,11)6-4-2-1-3-5-6/h6H,1-5H2. The second kappa shape index (κ2) is 3.75. The molecule has 0 radical (unpaired) electrons. The van der Waals surface area contributed by atoms with Gasteiger partial charge in [0, 0.05) is 5.92 Å². The minimum atomic E-state index is -4.07. The molecule has 0 spiro atoms. The maximum absolute atomic E-state index is 13.0. The van der Waals surface area contributed by atoms with Gasteiger partial charge in [0.1, 0.15) is 0 Å². The van der Waals surface area contributed by atoms with Crippen LogP contribution in [0.3, 0.4) is 0 Å². The molecular weight excluding hydrogens is 252 g/mol. The molecule has 0 aromatic rings. The van der Waals surface area contributed by atoms with Crippen LogP contribution in [0.15, 0.2) is 0 Å². The van der Waals surface area contributed by atoms with Crippen LogP contribution in [0.4, 0.5) is 17.6 Å². The summed E-state index contributed by atoms with van der Waals surface area (Å²) in [4.78, 5) is -4.07. The van der Waals surface area contributed by atoms with Gasteiger partial charge in [0.05, 0.1) is 0 Å². The zero-order valence-corrected chi connectivity index (χ0v) is 8.59. The van der Waals surface area contributed by atoms with Gasteiger partial charge in [0.15, 0.2) is 0 Å². The van der Waals surface area contributed by atoms with Gasteiger partial charge < -0.3 is 0 Å². The maximum atomic E-state index is 13.0. The summed E-state index contributed by atoms with van der Waals surface area (Å²) in [6, 6.07) is 0. The molecule has 1 fully saturated rings. The van der Waals surface area contributed by atoms with Crippen molar-refractivity contribution in [1.29, 1.82) is 0 Å². The van der Waals surface area contributed by atoms with Crippen molar-refractivity contribution in [2.45, 2.75) is 42.9 Å². The van der Waals surface area contributed by atoms with E-state index in [1.807, 2.05) is 0 Å². The van der Waals surface area contributed by atoms with Gasteiger partial charge in [-0.15, -0.1) is 0 Å². The molecule has 0 aromatic carbocycles. The molecule has 5 heteroatoms. The van der Waals surface area contributed by atoms with E-state index >= 15 is 0 Å². The highest BCUT2D eigenvalue weighted by atomic mass is 79.9. The van der Waals surface area contributed by atoms with Crippen LogP contribution >= 0.6 is 15.9 Å². The first-order chi connectivity index (χ1) is 5.86. The Hall–Kier alpha value is 0.200. The Morgan fingerprint density at radius 2 is 1.38 bits per heavy atom. The molecule has 1 aliphatic rings.